The Bertz CT molecular complexity index is 1800. The molecular formula is C35H46N8O9. The van der Waals surface area contributed by atoms with Gasteiger partial charge in [0.05, 0.1) is 18.0 Å². The number of aryl methyl sites for hydroxylation is 1. The van der Waals surface area contributed by atoms with Crippen LogP contribution in [0.15, 0.2) is 36.8 Å². The number of hydrogen-bond donors (Lipinski definition) is 3. The first-order chi connectivity index (χ1) is 24.8. The number of likely N-dealkylation sites (tertiary alicyclic amines) is 1. The van der Waals surface area contributed by atoms with Gasteiger partial charge in [0.15, 0.2) is 5.65 Å². The van der Waals surface area contributed by atoms with E-state index < -0.39 is 30.7 Å². The highest BCUT2D eigenvalue weighted by Gasteiger charge is 2.39. The van der Waals surface area contributed by atoms with Crippen molar-refractivity contribution >= 4 is 34.9 Å². The Labute approximate surface area is 301 Å². The van der Waals surface area contributed by atoms with Gasteiger partial charge in [0.1, 0.15) is 42.8 Å². The first kappa shape index (κ1) is 38.2. The standard InChI is InChI=1S/C35H46N8O9/c1-21-9-11-42(28(45)16-36-3)17-25(21)41(6)31-24-10-12-43(32(24)38-20-37-31)34(48)39(4)13-14-40(5)35(49)51-18-23-7-8-27(22(2)15-23)52-33-30(47)29(46)26(44)19-50-33/h7-8,10,12,15,20-21,25-26,29-30,33,44,46-47H,9,11,13-14,16-19H2,1-2,4-6H3/t21-,25+,26-,29+,30-,33+/m1/s1. The summed E-state index contributed by atoms with van der Waals surface area (Å²) in [5.74, 6) is 1.11. The lowest BCUT2D eigenvalue weighted by molar-refractivity contribution is -0.242. The zero-order valence-corrected chi connectivity index (χ0v) is 30.0. The van der Waals surface area contributed by atoms with Crippen LogP contribution in [0.3, 0.4) is 0 Å². The molecule has 0 unspecified atom stereocenters. The predicted molar refractivity (Wildman–Crippen MR) is 187 cm³/mol. The number of aromatic nitrogens is 3. The molecule has 0 bridgehead atoms. The number of aliphatic hydroxyl groups is 3. The van der Waals surface area contributed by atoms with E-state index in [1.165, 1.54) is 20.7 Å². The van der Waals surface area contributed by atoms with Gasteiger partial charge in [0.25, 0.3) is 6.54 Å². The van der Waals surface area contributed by atoms with Gasteiger partial charge in [-0.1, -0.05) is 13.0 Å². The molecule has 17 heteroatoms. The number of piperidine rings is 1. The first-order valence-electron chi connectivity index (χ1n) is 17.0. The van der Waals surface area contributed by atoms with Crippen LogP contribution < -0.4 is 9.64 Å². The van der Waals surface area contributed by atoms with Gasteiger partial charge >= 0.3 is 18.0 Å². The Morgan fingerprint density at radius 1 is 1.08 bits per heavy atom. The molecule has 0 aliphatic carbocycles. The normalized spacial score (nSPS) is 23.1. The second-order valence-corrected chi connectivity index (χ2v) is 13.4. The van der Waals surface area contributed by atoms with Crippen LogP contribution in [0.25, 0.3) is 15.9 Å². The maximum absolute atomic E-state index is 13.5. The molecule has 52 heavy (non-hydrogen) atoms. The van der Waals surface area contributed by atoms with Crippen molar-refractivity contribution in [2.45, 2.75) is 57.5 Å². The molecule has 1 aromatic carbocycles. The first-order valence-corrected chi connectivity index (χ1v) is 17.0. The molecule has 3 N–H and O–H groups in total. The maximum Gasteiger partial charge on any atom is 0.409 e. The Kier molecular flexibility index (Phi) is 12.2. The van der Waals surface area contributed by atoms with Crippen molar-refractivity contribution in [1.82, 2.24) is 29.2 Å². The maximum atomic E-state index is 13.5. The van der Waals surface area contributed by atoms with Crippen LogP contribution in [0.4, 0.5) is 15.4 Å². The van der Waals surface area contributed by atoms with Gasteiger partial charge in [-0.2, -0.15) is 0 Å². The molecule has 2 saturated heterocycles. The van der Waals surface area contributed by atoms with E-state index in [4.69, 9.17) is 20.8 Å². The van der Waals surface area contributed by atoms with Gasteiger partial charge in [-0.25, -0.2) is 26.1 Å². The van der Waals surface area contributed by atoms with Crippen LogP contribution in [-0.4, -0.2) is 154 Å². The van der Waals surface area contributed by atoms with E-state index >= 15 is 0 Å². The van der Waals surface area contributed by atoms with Crippen LogP contribution in [0, 0.1) is 19.4 Å². The van der Waals surface area contributed by atoms with Gasteiger partial charge in [0.2, 0.25) is 6.29 Å². The van der Waals surface area contributed by atoms with E-state index in [0.717, 1.165) is 6.42 Å². The molecule has 3 aromatic rings. The van der Waals surface area contributed by atoms with E-state index in [0.29, 0.717) is 46.8 Å². The summed E-state index contributed by atoms with van der Waals surface area (Å²) in [5, 5.41) is 30.4. The topological polar surface area (TPSA) is 188 Å². The summed E-state index contributed by atoms with van der Waals surface area (Å²) in [4.78, 5) is 57.5. The number of anilines is 1. The Hall–Kier alpha value is -5.02. The minimum atomic E-state index is -1.43. The largest absolute Gasteiger partial charge is 0.462 e. The molecule has 2 aliphatic rings. The number of fused-ring (bicyclic) bond motifs is 1. The number of likely N-dealkylation sites (N-methyl/N-ethyl adjacent to an activating group) is 3. The number of aliphatic hydroxyl groups excluding tert-OH is 3. The predicted octanol–water partition coefficient (Wildman–Crippen LogP) is 1.32. The number of ether oxygens (including phenoxy) is 3. The molecule has 2 fully saturated rings. The lowest BCUT2D eigenvalue weighted by atomic mass is 9.92. The van der Waals surface area contributed by atoms with Crippen LogP contribution in [0.1, 0.15) is 24.5 Å². The minimum Gasteiger partial charge on any atom is -0.462 e. The molecule has 4 heterocycles. The summed E-state index contributed by atoms with van der Waals surface area (Å²) < 4.78 is 17.9. The fourth-order valence-electron chi connectivity index (χ4n) is 6.35. The van der Waals surface area contributed by atoms with Gasteiger partial charge < -0.3 is 54.0 Å². The summed E-state index contributed by atoms with van der Waals surface area (Å²) in [7, 11) is 5.12. The van der Waals surface area contributed by atoms with Gasteiger partial charge in [-0.15, -0.1) is 0 Å². The molecule has 3 amide bonds. The molecule has 0 saturated carbocycles. The third kappa shape index (κ3) is 8.37. The second-order valence-electron chi connectivity index (χ2n) is 13.4. The molecular weight excluding hydrogens is 676 g/mol. The van der Waals surface area contributed by atoms with E-state index in [9.17, 15) is 29.7 Å². The van der Waals surface area contributed by atoms with E-state index in [2.05, 4.69) is 21.7 Å². The van der Waals surface area contributed by atoms with Gasteiger partial charge in [-0.05, 0) is 48.6 Å². The van der Waals surface area contributed by atoms with Crippen LogP contribution in [0.5, 0.6) is 5.75 Å². The zero-order valence-electron chi connectivity index (χ0n) is 30.0. The average Bonchev–Trinajstić information content (AvgIpc) is 3.58. The molecule has 0 radical (unpaired) electrons. The van der Waals surface area contributed by atoms with E-state index in [1.807, 2.05) is 11.9 Å². The molecule has 280 valence electrons. The van der Waals surface area contributed by atoms with Crippen LogP contribution in [0.2, 0.25) is 0 Å². The summed E-state index contributed by atoms with van der Waals surface area (Å²) in [6.07, 6.45) is -1.91. The number of carbonyl (C=O) groups excluding carboxylic acids is 3. The molecule has 0 spiro atoms. The molecule has 6 atom stereocenters. The monoisotopic (exact) mass is 722 g/mol. The highest BCUT2D eigenvalue weighted by molar-refractivity contribution is 5.95. The zero-order chi connectivity index (χ0) is 37.7. The van der Waals surface area contributed by atoms with Crippen LogP contribution >= 0.6 is 0 Å². The number of hydrogen-bond acceptors (Lipinski definition) is 12. The second kappa shape index (κ2) is 16.5. The third-order valence-electron chi connectivity index (χ3n) is 9.69. The SMILES string of the molecule is [C-]#[N+]CC(=O)N1CC[C@@H](C)[C@@H](N(C)c2ncnc3c2ccn3C(=O)N(C)CCN(C)C(=O)OCc2ccc(O[C@@H]3OC[C@@H](O)[C@H](O)[C@H]3O)c(C)c2)C1. The molecule has 2 aliphatic heterocycles. The lowest BCUT2D eigenvalue weighted by Gasteiger charge is -2.41. The molecule has 17 nitrogen and oxygen atoms in total. The average molecular weight is 723 g/mol. The van der Waals surface area contributed by atoms with E-state index in [-0.39, 0.29) is 56.7 Å². The van der Waals surface area contributed by atoms with Crippen molar-refractivity contribution in [3.8, 4) is 5.75 Å². The third-order valence-corrected chi connectivity index (χ3v) is 9.69. The van der Waals surface area contributed by atoms with Crippen molar-refractivity contribution in [3.05, 3.63) is 59.3 Å². The highest BCUT2D eigenvalue weighted by atomic mass is 16.7. The summed E-state index contributed by atoms with van der Waals surface area (Å²) >= 11 is 0. The number of benzene rings is 1. The fraction of sp³-hybridized carbons (Fsp3) is 0.543. The quantitative estimate of drug-likeness (QED) is 0.255. The van der Waals surface area contributed by atoms with Crippen molar-refractivity contribution in [2.75, 3.05) is 65.4 Å². The summed E-state index contributed by atoms with van der Waals surface area (Å²) in [6.45, 7) is 12.1. The summed E-state index contributed by atoms with van der Waals surface area (Å²) in [6, 6.07) is 6.49. The molecule has 5 rings (SSSR count). The van der Waals surface area contributed by atoms with E-state index in [1.54, 1.807) is 56.4 Å². The summed E-state index contributed by atoms with van der Waals surface area (Å²) in [5.41, 5.74) is 1.80. The van der Waals surface area contributed by atoms with Crippen molar-refractivity contribution in [1.29, 1.82) is 0 Å². The Morgan fingerprint density at radius 2 is 1.83 bits per heavy atom. The number of amides is 3. The van der Waals surface area contributed by atoms with Crippen molar-refractivity contribution in [3.63, 3.8) is 0 Å². The van der Waals surface area contributed by atoms with Gasteiger partial charge in [0, 0.05) is 53.5 Å². The van der Waals surface area contributed by atoms with Crippen molar-refractivity contribution < 1.29 is 43.9 Å². The fourth-order valence-corrected chi connectivity index (χ4v) is 6.35. The smallest absolute Gasteiger partial charge is 0.409 e. The lowest BCUT2D eigenvalue weighted by Crippen LogP contribution is -2.54. The van der Waals surface area contributed by atoms with Crippen LogP contribution in [-0.2, 0) is 20.9 Å². The highest BCUT2D eigenvalue weighted by Crippen LogP contribution is 2.30. The minimum absolute atomic E-state index is 0.0205. The number of carbonyl (C=O) groups is 3. The number of rotatable bonds is 10. The molecule has 2 aromatic heterocycles. The Balaban J connectivity index is 1.14. The Morgan fingerprint density at radius 3 is 2.56 bits per heavy atom. The number of nitrogens with zero attached hydrogens (tertiary/aromatic N) is 8. The van der Waals surface area contributed by atoms with Gasteiger partial charge in [-0.3, -0.25) is 9.36 Å². The van der Waals surface area contributed by atoms with Crippen molar-refractivity contribution in [2.24, 2.45) is 5.92 Å².